The minimum atomic E-state index is -0.234. The maximum atomic E-state index is 11.7. The zero-order chi connectivity index (χ0) is 13.7. The van der Waals surface area contributed by atoms with Crippen molar-refractivity contribution >= 4 is 12.0 Å². The van der Waals surface area contributed by atoms with Crippen LogP contribution in [0.4, 0.5) is 0 Å². The summed E-state index contributed by atoms with van der Waals surface area (Å²) < 4.78 is 5.27. The lowest BCUT2D eigenvalue weighted by atomic mass is 10.1. The van der Waals surface area contributed by atoms with Crippen molar-refractivity contribution in [2.24, 2.45) is 4.99 Å². The van der Waals surface area contributed by atoms with Gasteiger partial charge in [-0.2, -0.15) is 0 Å². The number of ether oxygens (including phenoxy) is 1. The molecule has 0 spiro atoms. The molecule has 1 amide bonds. The summed E-state index contributed by atoms with van der Waals surface area (Å²) in [6, 6.07) is 7.52. The topological polar surface area (TPSA) is 59.0 Å². The molecule has 1 heterocycles. The number of isocyanates is 1. The lowest BCUT2D eigenvalue weighted by molar-refractivity contribution is -0.127. The molecule has 5 heteroatoms. The molecule has 1 unspecified atom stereocenters. The molecule has 19 heavy (non-hydrogen) atoms. The Morgan fingerprint density at radius 2 is 2.26 bits per heavy atom. The Balaban J connectivity index is 1.95. The second kappa shape index (κ2) is 6.16. The van der Waals surface area contributed by atoms with E-state index in [2.05, 4.69) is 4.99 Å². The molecule has 0 radical (unpaired) electrons. The Labute approximate surface area is 111 Å². The number of likely N-dealkylation sites (tertiary alicyclic amines) is 1. The van der Waals surface area contributed by atoms with Crippen molar-refractivity contribution in [3.8, 4) is 5.75 Å². The van der Waals surface area contributed by atoms with Gasteiger partial charge in [0.25, 0.3) is 0 Å². The van der Waals surface area contributed by atoms with E-state index in [1.54, 1.807) is 12.0 Å². The van der Waals surface area contributed by atoms with Crippen molar-refractivity contribution in [1.29, 1.82) is 0 Å². The third kappa shape index (κ3) is 3.20. The first-order valence-electron chi connectivity index (χ1n) is 6.21. The SMILES string of the molecule is COc1ccccc1CCN1CC(N=C=O)CC1=O. The minimum Gasteiger partial charge on any atom is -0.496 e. The van der Waals surface area contributed by atoms with Gasteiger partial charge in [-0.3, -0.25) is 4.79 Å². The van der Waals surface area contributed by atoms with Gasteiger partial charge in [0, 0.05) is 13.1 Å². The highest BCUT2D eigenvalue weighted by Crippen LogP contribution is 2.20. The molecule has 0 aromatic heterocycles. The Bertz CT molecular complexity index is 509. The molecular formula is C14H16N2O3. The zero-order valence-electron chi connectivity index (χ0n) is 10.8. The molecule has 1 atom stereocenters. The molecule has 0 aliphatic carbocycles. The summed E-state index contributed by atoms with van der Waals surface area (Å²) in [5, 5.41) is 0. The van der Waals surface area contributed by atoms with Gasteiger partial charge in [0.2, 0.25) is 12.0 Å². The van der Waals surface area contributed by atoms with E-state index in [0.717, 1.165) is 17.7 Å². The van der Waals surface area contributed by atoms with E-state index in [0.29, 0.717) is 19.5 Å². The van der Waals surface area contributed by atoms with Gasteiger partial charge < -0.3 is 9.64 Å². The van der Waals surface area contributed by atoms with Crippen molar-refractivity contribution in [2.75, 3.05) is 20.2 Å². The molecule has 1 aliphatic rings. The molecule has 1 fully saturated rings. The van der Waals surface area contributed by atoms with Crippen LogP contribution in [-0.2, 0) is 16.0 Å². The normalized spacial score (nSPS) is 18.3. The molecule has 1 aromatic rings. The number of carbonyl (C=O) groups is 1. The summed E-state index contributed by atoms with van der Waals surface area (Å²) in [6.07, 6.45) is 2.56. The van der Waals surface area contributed by atoms with Crippen LogP contribution in [0, 0.1) is 0 Å². The van der Waals surface area contributed by atoms with E-state index in [1.165, 1.54) is 6.08 Å². The predicted octanol–water partition coefficient (Wildman–Crippen LogP) is 1.17. The lowest BCUT2D eigenvalue weighted by Crippen LogP contribution is -2.28. The van der Waals surface area contributed by atoms with Crippen molar-refractivity contribution in [3.63, 3.8) is 0 Å². The Morgan fingerprint density at radius 1 is 1.47 bits per heavy atom. The number of hydrogen-bond acceptors (Lipinski definition) is 4. The maximum absolute atomic E-state index is 11.7. The fraction of sp³-hybridized carbons (Fsp3) is 0.429. The van der Waals surface area contributed by atoms with Gasteiger partial charge in [0.1, 0.15) is 5.75 Å². The van der Waals surface area contributed by atoms with Crippen LogP contribution in [-0.4, -0.2) is 43.1 Å². The summed E-state index contributed by atoms with van der Waals surface area (Å²) in [7, 11) is 1.63. The summed E-state index contributed by atoms with van der Waals surface area (Å²) >= 11 is 0. The fourth-order valence-electron chi connectivity index (χ4n) is 2.29. The molecule has 1 aromatic carbocycles. The van der Waals surface area contributed by atoms with Crippen molar-refractivity contribution < 1.29 is 14.3 Å². The van der Waals surface area contributed by atoms with Gasteiger partial charge in [-0.25, -0.2) is 9.79 Å². The third-order valence-electron chi connectivity index (χ3n) is 3.27. The second-order valence-electron chi connectivity index (χ2n) is 4.48. The maximum Gasteiger partial charge on any atom is 0.235 e. The van der Waals surface area contributed by atoms with Crippen molar-refractivity contribution in [3.05, 3.63) is 29.8 Å². The molecule has 0 bridgehead atoms. The van der Waals surface area contributed by atoms with Crippen LogP contribution < -0.4 is 4.74 Å². The van der Waals surface area contributed by atoms with Gasteiger partial charge in [-0.1, -0.05) is 18.2 Å². The average molecular weight is 260 g/mol. The van der Waals surface area contributed by atoms with Crippen LogP contribution in [0.1, 0.15) is 12.0 Å². The van der Waals surface area contributed by atoms with Crippen LogP contribution in [0.5, 0.6) is 5.75 Å². The number of carbonyl (C=O) groups excluding carboxylic acids is 2. The average Bonchev–Trinajstić information content (AvgIpc) is 2.77. The molecule has 0 N–H and O–H groups in total. The minimum absolute atomic E-state index is 0.0406. The highest BCUT2D eigenvalue weighted by Gasteiger charge is 2.28. The van der Waals surface area contributed by atoms with Crippen LogP contribution in [0.2, 0.25) is 0 Å². The lowest BCUT2D eigenvalue weighted by Gasteiger charge is -2.16. The molecule has 1 saturated heterocycles. The molecule has 2 rings (SSSR count). The van der Waals surface area contributed by atoms with E-state index < -0.39 is 0 Å². The molecule has 0 saturated carbocycles. The molecular weight excluding hydrogens is 244 g/mol. The van der Waals surface area contributed by atoms with E-state index in [4.69, 9.17) is 4.74 Å². The number of methoxy groups -OCH3 is 1. The summed E-state index contributed by atoms with van der Waals surface area (Å²) in [5.41, 5.74) is 1.07. The first kappa shape index (κ1) is 13.3. The van der Waals surface area contributed by atoms with Crippen LogP contribution in [0.3, 0.4) is 0 Å². The van der Waals surface area contributed by atoms with Crippen molar-refractivity contribution in [2.45, 2.75) is 18.9 Å². The summed E-state index contributed by atoms with van der Waals surface area (Å²) in [4.78, 5) is 27.3. The number of aliphatic imine (C=N–C) groups is 1. The molecule has 100 valence electrons. The zero-order valence-corrected chi connectivity index (χ0v) is 10.8. The largest absolute Gasteiger partial charge is 0.496 e. The van der Waals surface area contributed by atoms with Gasteiger partial charge in [-0.05, 0) is 18.1 Å². The van der Waals surface area contributed by atoms with E-state index in [-0.39, 0.29) is 11.9 Å². The number of para-hydroxylation sites is 1. The number of hydrogen-bond donors (Lipinski definition) is 0. The second-order valence-corrected chi connectivity index (χ2v) is 4.48. The van der Waals surface area contributed by atoms with Crippen LogP contribution in [0.25, 0.3) is 0 Å². The van der Waals surface area contributed by atoms with E-state index >= 15 is 0 Å². The summed E-state index contributed by atoms with van der Waals surface area (Å²) in [5.74, 6) is 0.871. The first-order chi connectivity index (χ1) is 9.24. The number of rotatable bonds is 5. The molecule has 5 nitrogen and oxygen atoms in total. The third-order valence-corrected chi connectivity index (χ3v) is 3.27. The Morgan fingerprint density at radius 3 is 3.00 bits per heavy atom. The Hall–Kier alpha value is -2.13. The quantitative estimate of drug-likeness (QED) is 0.590. The van der Waals surface area contributed by atoms with E-state index in [9.17, 15) is 9.59 Å². The number of amides is 1. The smallest absolute Gasteiger partial charge is 0.235 e. The summed E-state index contributed by atoms with van der Waals surface area (Å²) in [6.45, 7) is 1.12. The number of benzene rings is 1. The Kier molecular flexibility index (Phi) is 4.31. The number of nitrogens with zero attached hydrogens (tertiary/aromatic N) is 2. The van der Waals surface area contributed by atoms with Crippen molar-refractivity contribution in [1.82, 2.24) is 4.90 Å². The van der Waals surface area contributed by atoms with Gasteiger partial charge in [-0.15, -0.1) is 0 Å². The predicted molar refractivity (Wildman–Crippen MR) is 69.8 cm³/mol. The first-order valence-corrected chi connectivity index (χ1v) is 6.21. The van der Waals surface area contributed by atoms with E-state index in [1.807, 2.05) is 24.3 Å². The highest BCUT2D eigenvalue weighted by atomic mass is 16.5. The van der Waals surface area contributed by atoms with Crippen LogP contribution >= 0.6 is 0 Å². The fourth-order valence-corrected chi connectivity index (χ4v) is 2.29. The van der Waals surface area contributed by atoms with Gasteiger partial charge >= 0.3 is 0 Å². The van der Waals surface area contributed by atoms with Gasteiger partial charge in [0.05, 0.1) is 19.6 Å². The van der Waals surface area contributed by atoms with Crippen LogP contribution in [0.15, 0.2) is 29.3 Å². The standard InChI is InChI=1S/C14H16N2O3/c1-19-13-5-3-2-4-11(13)6-7-16-9-12(15-10-17)8-14(16)18/h2-5,12H,6-9H2,1H3. The van der Waals surface area contributed by atoms with Gasteiger partial charge in [0.15, 0.2) is 0 Å². The molecule has 1 aliphatic heterocycles. The monoisotopic (exact) mass is 260 g/mol. The highest BCUT2D eigenvalue weighted by molar-refractivity contribution is 5.79.